The summed E-state index contributed by atoms with van der Waals surface area (Å²) in [6.45, 7) is 4.27. The summed E-state index contributed by atoms with van der Waals surface area (Å²) in [6, 6.07) is 4.01. The van der Waals surface area contributed by atoms with E-state index in [0.717, 1.165) is 30.8 Å². The van der Waals surface area contributed by atoms with E-state index in [4.69, 9.17) is 0 Å². The molecule has 0 spiro atoms. The van der Waals surface area contributed by atoms with Gasteiger partial charge in [0.1, 0.15) is 5.82 Å². The van der Waals surface area contributed by atoms with Gasteiger partial charge in [-0.3, -0.25) is 14.7 Å². The van der Waals surface area contributed by atoms with E-state index in [1.807, 2.05) is 19.1 Å². The van der Waals surface area contributed by atoms with Gasteiger partial charge in [0.25, 0.3) is 5.56 Å². The summed E-state index contributed by atoms with van der Waals surface area (Å²) in [7, 11) is 0. The van der Waals surface area contributed by atoms with Gasteiger partial charge in [0.2, 0.25) is 0 Å². The van der Waals surface area contributed by atoms with Gasteiger partial charge in [0.15, 0.2) is 0 Å². The molecule has 19 heavy (non-hydrogen) atoms. The Morgan fingerprint density at radius 1 is 1.37 bits per heavy atom. The van der Waals surface area contributed by atoms with Crippen LogP contribution >= 0.6 is 0 Å². The summed E-state index contributed by atoms with van der Waals surface area (Å²) in [5.74, 6) is 0.700. The van der Waals surface area contributed by atoms with E-state index in [0.29, 0.717) is 12.4 Å². The number of pyridine rings is 1. The van der Waals surface area contributed by atoms with Gasteiger partial charge in [-0.1, -0.05) is 0 Å². The van der Waals surface area contributed by atoms with Crippen LogP contribution in [0.4, 0.5) is 0 Å². The lowest BCUT2D eigenvalue weighted by molar-refractivity contribution is 0.241. The van der Waals surface area contributed by atoms with E-state index >= 15 is 0 Å². The molecule has 1 aliphatic rings. The lowest BCUT2D eigenvalue weighted by atomic mass is 10.1. The molecule has 2 aromatic rings. The molecule has 2 aromatic heterocycles. The zero-order valence-corrected chi connectivity index (χ0v) is 10.9. The third kappa shape index (κ3) is 2.56. The van der Waals surface area contributed by atoms with E-state index in [9.17, 15) is 4.79 Å². The number of aromatic amines is 1. The van der Waals surface area contributed by atoms with Crippen molar-refractivity contribution >= 4 is 0 Å². The molecular weight excluding hydrogens is 240 g/mol. The highest BCUT2D eigenvalue weighted by Crippen LogP contribution is 2.15. The number of nitrogens with zero attached hydrogens (tertiary/aromatic N) is 3. The van der Waals surface area contributed by atoms with Crippen LogP contribution in [0.25, 0.3) is 0 Å². The molecule has 0 saturated heterocycles. The van der Waals surface area contributed by atoms with Gasteiger partial charge in [0, 0.05) is 38.4 Å². The largest absolute Gasteiger partial charge is 0.310 e. The fraction of sp³-hybridized carbons (Fsp3) is 0.357. The second kappa shape index (κ2) is 4.93. The predicted molar refractivity (Wildman–Crippen MR) is 71.6 cm³/mol. The average Bonchev–Trinajstić information content (AvgIpc) is 2.40. The summed E-state index contributed by atoms with van der Waals surface area (Å²) in [5.41, 5.74) is 2.98. The van der Waals surface area contributed by atoms with Gasteiger partial charge in [-0.05, 0) is 24.6 Å². The van der Waals surface area contributed by atoms with E-state index in [2.05, 4.69) is 19.9 Å². The number of aryl methyl sites for hydroxylation is 1. The maximum Gasteiger partial charge on any atom is 0.255 e. The maximum absolute atomic E-state index is 12.0. The maximum atomic E-state index is 12.0. The molecule has 3 rings (SSSR count). The molecule has 5 nitrogen and oxygen atoms in total. The summed E-state index contributed by atoms with van der Waals surface area (Å²) in [5, 5.41) is 0. The summed E-state index contributed by atoms with van der Waals surface area (Å²) in [6.07, 6.45) is 4.43. The lowest BCUT2D eigenvalue weighted by Crippen LogP contribution is -2.35. The highest BCUT2D eigenvalue weighted by Gasteiger charge is 2.20. The van der Waals surface area contributed by atoms with Crippen molar-refractivity contribution in [1.29, 1.82) is 0 Å². The topological polar surface area (TPSA) is 61.9 Å². The normalized spacial score (nSPS) is 15.2. The molecule has 98 valence electrons. The van der Waals surface area contributed by atoms with Crippen LogP contribution in [0.3, 0.4) is 0 Å². The Kier molecular flexibility index (Phi) is 3.13. The minimum atomic E-state index is 0.00179. The van der Waals surface area contributed by atoms with E-state index in [1.54, 1.807) is 12.4 Å². The van der Waals surface area contributed by atoms with E-state index in [1.165, 1.54) is 5.56 Å². The molecule has 5 heteroatoms. The minimum Gasteiger partial charge on any atom is -0.310 e. The van der Waals surface area contributed by atoms with E-state index < -0.39 is 0 Å². The van der Waals surface area contributed by atoms with Crippen molar-refractivity contribution in [3.63, 3.8) is 0 Å². The van der Waals surface area contributed by atoms with Gasteiger partial charge in [0.05, 0.1) is 11.3 Å². The molecule has 0 aliphatic carbocycles. The minimum absolute atomic E-state index is 0.00179. The molecule has 0 aromatic carbocycles. The molecular formula is C14H16N4O. The Bertz CT molecular complexity index is 636. The van der Waals surface area contributed by atoms with Crippen LogP contribution in [0.5, 0.6) is 0 Å². The third-order valence-electron chi connectivity index (χ3n) is 3.42. The number of H-pyrrole nitrogens is 1. The Balaban J connectivity index is 1.81. The average molecular weight is 256 g/mol. The standard InChI is InChI=1S/C14H16N4O/c1-10-16-13-4-7-18(9-12(13)14(19)17-10)8-11-2-5-15-6-3-11/h2-3,5-6H,4,7-9H2,1H3,(H,16,17,19). The van der Waals surface area contributed by atoms with Crippen LogP contribution < -0.4 is 5.56 Å². The Morgan fingerprint density at radius 3 is 2.95 bits per heavy atom. The van der Waals surface area contributed by atoms with Crippen molar-refractivity contribution < 1.29 is 0 Å². The number of nitrogens with one attached hydrogen (secondary N) is 1. The van der Waals surface area contributed by atoms with Crippen molar-refractivity contribution in [2.45, 2.75) is 26.4 Å². The van der Waals surface area contributed by atoms with Crippen LogP contribution in [0.1, 0.15) is 22.6 Å². The zero-order chi connectivity index (χ0) is 13.2. The van der Waals surface area contributed by atoms with E-state index in [-0.39, 0.29) is 5.56 Å². The first-order valence-electron chi connectivity index (χ1n) is 6.42. The SMILES string of the molecule is Cc1nc2c(c(=O)[nH]1)CN(Cc1ccncc1)CC2. The number of hydrogen-bond acceptors (Lipinski definition) is 4. The van der Waals surface area contributed by atoms with Crippen molar-refractivity contribution in [2.75, 3.05) is 6.54 Å². The Hall–Kier alpha value is -2.01. The molecule has 0 amide bonds. The molecule has 0 saturated carbocycles. The van der Waals surface area contributed by atoms with Crippen LogP contribution in [-0.2, 0) is 19.5 Å². The smallest absolute Gasteiger partial charge is 0.255 e. The first-order chi connectivity index (χ1) is 9.22. The zero-order valence-electron chi connectivity index (χ0n) is 10.9. The third-order valence-corrected chi connectivity index (χ3v) is 3.42. The molecule has 0 bridgehead atoms. The molecule has 1 aliphatic heterocycles. The lowest BCUT2D eigenvalue weighted by Gasteiger charge is -2.27. The number of rotatable bonds is 2. The fourth-order valence-electron chi connectivity index (χ4n) is 2.49. The van der Waals surface area contributed by atoms with Gasteiger partial charge in [-0.15, -0.1) is 0 Å². The fourth-order valence-corrected chi connectivity index (χ4v) is 2.49. The molecule has 1 N–H and O–H groups in total. The molecule has 0 unspecified atom stereocenters. The number of hydrogen-bond donors (Lipinski definition) is 1. The summed E-state index contributed by atoms with van der Waals surface area (Å²) in [4.78, 5) is 25.4. The number of aromatic nitrogens is 3. The highest BCUT2D eigenvalue weighted by molar-refractivity contribution is 5.21. The Labute approximate surface area is 111 Å². The van der Waals surface area contributed by atoms with Gasteiger partial charge >= 0.3 is 0 Å². The van der Waals surface area contributed by atoms with Crippen LogP contribution in [0.15, 0.2) is 29.3 Å². The molecule has 3 heterocycles. The monoisotopic (exact) mass is 256 g/mol. The first kappa shape index (κ1) is 12.0. The van der Waals surface area contributed by atoms with Crippen molar-refractivity contribution in [2.24, 2.45) is 0 Å². The second-order valence-corrected chi connectivity index (χ2v) is 4.89. The van der Waals surface area contributed by atoms with Gasteiger partial charge < -0.3 is 4.98 Å². The van der Waals surface area contributed by atoms with Crippen molar-refractivity contribution in [1.82, 2.24) is 19.9 Å². The molecule has 0 atom stereocenters. The van der Waals surface area contributed by atoms with Gasteiger partial charge in [-0.2, -0.15) is 0 Å². The quantitative estimate of drug-likeness (QED) is 0.872. The predicted octanol–water partition coefficient (Wildman–Crippen LogP) is 1.03. The van der Waals surface area contributed by atoms with Crippen LogP contribution in [0.2, 0.25) is 0 Å². The van der Waals surface area contributed by atoms with Crippen molar-refractivity contribution in [3.05, 3.63) is 57.5 Å². The molecule has 0 radical (unpaired) electrons. The van der Waals surface area contributed by atoms with Crippen molar-refractivity contribution in [3.8, 4) is 0 Å². The molecule has 0 fully saturated rings. The number of fused-ring (bicyclic) bond motifs is 1. The second-order valence-electron chi connectivity index (χ2n) is 4.89. The van der Waals surface area contributed by atoms with Gasteiger partial charge in [-0.25, -0.2) is 4.98 Å². The summed E-state index contributed by atoms with van der Waals surface area (Å²) < 4.78 is 0. The Morgan fingerprint density at radius 2 is 2.16 bits per heavy atom. The summed E-state index contributed by atoms with van der Waals surface area (Å²) >= 11 is 0. The van der Waals surface area contributed by atoms with Crippen LogP contribution in [0, 0.1) is 6.92 Å². The highest BCUT2D eigenvalue weighted by atomic mass is 16.1. The van der Waals surface area contributed by atoms with Crippen LogP contribution in [-0.4, -0.2) is 26.4 Å². The first-order valence-corrected chi connectivity index (χ1v) is 6.42.